The molecule has 2 rings (SSSR count). The van der Waals surface area contributed by atoms with Gasteiger partial charge in [0.1, 0.15) is 5.75 Å². The van der Waals surface area contributed by atoms with Crippen molar-refractivity contribution in [2.45, 2.75) is 19.1 Å². The van der Waals surface area contributed by atoms with Crippen LogP contribution in [0.5, 0.6) is 5.75 Å². The Balaban J connectivity index is 2.47. The summed E-state index contributed by atoms with van der Waals surface area (Å²) in [6.07, 6.45) is -0.382. The van der Waals surface area contributed by atoms with Gasteiger partial charge in [-0.1, -0.05) is 6.07 Å². The molecule has 0 bridgehead atoms. The fraction of sp³-hybridized carbons (Fsp3) is 0.500. The van der Waals surface area contributed by atoms with Crippen LogP contribution in [-0.2, 0) is 0 Å². The maximum Gasteiger partial charge on any atom is 0.119 e. The lowest BCUT2D eigenvalue weighted by atomic mass is 9.92. The summed E-state index contributed by atoms with van der Waals surface area (Å²) in [5, 5.41) is 9.93. The van der Waals surface area contributed by atoms with Gasteiger partial charge in [-0.15, -0.1) is 0 Å². The number of aliphatic hydroxyl groups is 1. The molecule has 1 aliphatic heterocycles. The molecule has 0 spiro atoms. The summed E-state index contributed by atoms with van der Waals surface area (Å²) in [7, 11) is 3.69. The molecule has 1 aromatic carbocycles. The van der Waals surface area contributed by atoms with Crippen molar-refractivity contribution in [2.24, 2.45) is 0 Å². The predicted molar refractivity (Wildman–Crippen MR) is 59.0 cm³/mol. The molecular formula is C12H17NO2. The van der Waals surface area contributed by atoms with Gasteiger partial charge in [0, 0.05) is 12.6 Å². The zero-order valence-corrected chi connectivity index (χ0v) is 9.40. The molecule has 0 fully saturated rings. The van der Waals surface area contributed by atoms with Crippen LogP contribution in [0.1, 0.15) is 30.2 Å². The lowest BCUT2D eigenvalue weighted by molar-refractivity contribution is 0.0888. The van der Waals surface area contributed by atoms with E-state index in [4.69, 9.17) is 4.74 Å². The van der Waals surface area contributed by atoms with E-state index >= 15 is 0 Å². The van der Waals surface area contributed by atoms with E-state index in [0.717, 1.165) is 16.9 Å². The highest BCUT2D eigenvalue weighted by atomic mass is 16.5. The minimum atomic E-state index is -0.382. The molecule has 0 unspecified atom stereocenters. The van der Waals surface area contributed by atoms with Crippen molar-refractivity contribution in [3.63, 3.8) is 0 Å². The second-order valence-electron chi connectivity index (χ2n) is 4.13. The average molecular weight is 207 g/mol. The number of benzene rings is 1. The molecule has 1 heterocycles. The zero-order valence-electron chi connectivity index (χ0n) is 9.40. The number of aliphatic hydroxyl groups excluding tert-OH is 1. The number of methoxy groups -OCH3 is 1. The van der Waals surface area contributed by atoms with Gasteiger partial charge in [0.15, 0.2) is 0 Å². The Hall–Kier alpha value is -1.06. The summed E-state index contributed by atoms with van der Waals surface area (Å²) in [4.78, 5) is 2.15. The van der Waals surface area contributed by atoms with Crippen LogP contribution in [0.2, 0.25) is 0 Å². The predicted octanol–water partition coefficient (Wildman–Crippen LogP) is 1.73. The molecule has 0 amide bonds. The molecule has 15 heavy (non-hydrogen) atoms. The fourth-order valence-corrected chi connectivity index (χ4v) is 2.11. The van der Waals surface area contributed by atoms with Crippen LogP contribution in [0, 0.1) is 0 Å². The number of fused-ring (bicyclic) bond motifs is 1. The fourth-order valence-electron chi connectivity index (χ4n) is 2.11. The van der Waals surface area contributed by atoms with Gasteiger partial charge in [-0.25, -0.2) is 0 Å². The number of β-amino-alcohol motifs (C(OH)–C–C–N with tert-alkyl or cyclic N) is 1. The minimum Gasteiger partial charge on any atom is -0.497 e. The molecule has 1 aliphatic rings. The molecule has 0 aromatic heterocycles. The second-order valence-corrected chi connectivity index (χ2v) is 4.13. The minimum absolute atomic E-state index is 0.332. The van der Waals surface area contributed by atoms with Crippen LogP contribution >= 0.6 is 0 Å². The third-order valence-electron chi connectivity index (χ3n) is 3.23. The van der Waals surface area contributed by atoms with Crippen LogP contribution in [0.15, 0.2) is 18.2 Å². The normalized spacial score (nSPS) is 26.1. The smallest absolute Gasteiger partial charge is 0.119 e. The first-order valence-corrected chi connectivity index (χ1v) is 5.19. The Labute approximate surface area is 90.3 Å². The topological polar surface area (TPSA) is 32.7 Å². The maximum absolute atomic E-state index is 9.93. The molecule has 0 aliphatic carbocycles. The van der Waals surface area contributed by atoms with Crippen LogP contribution < -0.4 is 4.74 Å². The first-order chi connectivity index (χ1) is 7.13. The van der Waals surface area contributed by atoms with E-state index in [1.165, 1.54) is 0 Å². The van der Waals surface area contributed by atoms with Gasteiger partial charge in [-0.2, -0.15) is 0 Å². The van der Waals surface area contributed by atoms with Gasteiger partial charge in [-0.05, 0) is 37.2 Å². The van der Waals surface area contributed by atoms with E-state index in [1.807, 2.05) is 25.2 Å². The van der Waals surface area contributed by atoms with Crippen LogP contribution in [0.25, 0.3) is 0 Å². The van der Waals surface area contributed by atoms with E-state index in [1.54, 1.807) is 7.11 Å². The van der Waals surface area contributed by atoms with Crippen molar-refractivity contribution in [1.82, 2.24) is 4.90 Å². The second kappa shape index (κ2) is 3.83. The third-order valence-corrected chi connectivity index (χ3v) is 3.23. The molecule has 3 nitrogen and oxygen atoms in total. The summed E-state index contributed by atoms with van der Waals surface area (Å²) >= 11 is 0. The number of nitrogens with zero attached hydrogens (tertiary/aromatic N) is 1. The number of hydrogen-bond donors (Lipinski definition) is 1. The van der Waals surface area contributed by atoms with Gasteiger partial charge in [0.2, 0.25) is 0 Å². The van der Waals surface area contributed by atoms with Crippen molar-refractivity contribution in [1.29, 1.82) is 0 Å². The SMILES string of the molecule is COc1ccc2c(c1)[C@H](C)N(C)C[C@@H]2O. The summed E-state index contributed by atoms with van der Waals surface area (Å²) < 4.78 is 5.20. The number of ether oxygens (including phenoxy) is 1. The average Bonchev–Trinajstić information content (AvgIpc) is 2.25. The van der Waals surface area contributed by atoms with E-state index in [0.29, 0.717) is 12.6 Å². The van der Waals surface area contributed by atoms with Gasteiger partial charge in [0.25, 0.3) is 0 Å². The van der Waals surface area contributed by atoms with E-state index < -0.39 is 0 Å². The summed E-state index contributed by atoms with van der Waals surface area (Å²) in [5.41, 5.74) is 2.19. The quantitative estimate of drug-likeness (QED) is 0.761. The molecule has 0 saturated heterocycles. The summed E-state index contributed by atoms with van der Waals surface area (Å²) in [5.74, 6) is 0.850. The number of rotatable bonds is 1. The molecule has 1 N–H and O–H groups in total. The van der Waals surface area contributed by atoms with E-state index in [-0.39, 0.29) is 6.10 Å². The number of hydrogen-bond acceptors (Lipinski definition) is 3. The molecular weight excluding hydrogens is 190 g/mol. The molecule has 0 saturated carbocycles. The van der Waals surface area contributed by atoms with Gasteiger partial charge >= 0.3 is 0 Å². The van der Waals surface area contributed by atoms with E-state index in [9.17, 15) is 5.11 Å². The van der Waals surface area contributed by atoms with E-state index in [2.05, 4.69) is 11.8 Å². The molecule has 0 radical (unpaired) electrons. The molecule has 82 valence electrons. The van der Waals surface area contributed by atoms with Gasteiger partial charge in [0.05, 0.1) is 13.2 Å². The van der Waals surface area contributed by atoms with Crippen LogP contribution in [0.4, 0.5) is 0 Å². The van der Waals surface area contributed by atoms with Gasteiger partial charge < -0.3 is 9.84 Å². The van der Waals surface area contributed by atoms with Crippen molar-refractivity contribution in [2.75, 3.05) is 20.7 Å². The Morgan fingerprint density at radius 3 is 2.80 bits per heavy atom. The molecule has 2 atom stereocenters. The molecule has 1 aromatic rings. The van der Waals surface area contributed by atoms with Crippen molar-refractivity contribution < 1.29 is 9.84 Å². The summed E-state index contributed by atoms with van der Waals surface area (Å²) in [6.45, 7) is 2.84. The van der Waals surface area contributed by atoms with Crippen LogP contribution in [-0.4, -0.2) is 30.7 Å². The lowest BCUT2D eigenvalue weighted by Gasteiger charge is -2.35. The largest absolute Gasteiger partial charge is 0.497 e. The lowest BCUT2D eigenvalue weighted by Crippen LogP contribution is -2.33. The van der Waals surface area contributed by atoms with Crippen molar-refractivity contribution >= 4 is 0 Å². The van der Waals surface area contributed by atoms with Crippen molar-refractivity contribution in [3.8, 4) is 5.75 Å². The highest BCUT2D eigenvalue weighted by Crippen LogP contribution is 2.35. The Morgan fingerprint density at radius 2 is 2.13 bits per heavy atom. The molecule has 3 heteroatoms. The highest BCUT2D eigenvalue weighted by molar-refractivity contribution is 5.40. The first-order valence-electron chi connectivity index (χ1n) is 5.19. The number of likely N-dealkylation sites (N-methyl/N-ethyl adjacent to an activating group) is 1. The highest BCUT2D eigenvalue weighted by Gasteiger charge is 2.27. The monoisotopic (exact) mass is 207 g/mol. The summed E-state index contributed by atoms with van der Waals surface area (Å²) in [6, 6.07) is 6.21. The standard InChI is InChI=1S/C12H17NO2/c1-8-11-6-9(15-3)4-5-10(11)12(14)7-13(8)2/h4-6,8,12,14H,7H2,1-3H3/t8-,12-/m0/s1. The van der Waals surface area contributed by atoms with Crippen LogP contribution in [0.3, 0.4) is 0 Å². The maximum atomic E-state index is 9.93. The van der Waals surface area contributed by atoms with Gasteiger partial charge in [-0.3, -0.25) is 4.90 Å². The first kappa shape index (κ1) is 10.5. The third kappa shape index (κ3) is 1.73. The van der Waals surface area contributed by atoms with Crippen molar-refractivity contribution in [3.05, 3.63) is 29.3 Å². The Bertz CT molecular complexity index is 365. The zero-order chi connectivity index (χ0) is 11.0. The Morgan fingerprint density at radius 1 is 1.40 bits per heavy atom. The Kier molecular flexibility index (Phi) is 2.67.